The van der Waals surface area contributed by atoms with Crippen LogP contribution in [0.4, 0.5) is 0 Å². The van der Waals surface area contributed by atoms with Gasteiger partial charge in [0.1, 0.15) is 5.69 Å². The fourth-order valence-electron chi connectivity index (χ4n) is 1.67. The molecular formula is C12H15N3O. The predicted octanol–water partition coefficient (Wildman–Crippen LogP) is 2.13. The number of pyridine rings is 1. The molecule has 0 aliphatic carbocycles. The van der Waals surface area contributed by atoms with Crippen LogP contribution < -0.4 is 0 Å². The summed E-state index contributed by atoms with van der Waals surface area (Å²) in [6.07, 6.45) is 0.832. The highest BCUT2D eigenvalue weighted by atomic mass is 16.1. The Kier molecular flexibility index (Phi) is 2.73. The van der Waals surface area contributed by atoms with Crippen molar-refractivity contribution in [1.29, 1.82) is 0 Å². The molecule has 4 nitrogen and oxygen atoms in total. The van der Waals surface area contributed by atoms with Crippen LogP contribution in [-0.2, 0) is 6.42 Å². The van der Waals surface area contributed by atoms with E-state index in [2.05, 4.69) is 23.9 Å². The van der Waals surface area contributed by atoms with Gasteiger partial charge in [0.15, 0.2) is 17.3 Å². The molecule has 4 heteroatoms. The third-order valence-electron chi connectivity index (χ3n) is 2.36. The van der Waals surface area contributed by atoms with Crippen LogP contribution in [0.3, 0.4) is 0 Å². The third kappa shape index (κ3) is 1.96. The molecule has 0 radical (unpaired) electrons. The average molecular weight is 217 g/mol. The molecule has 0 saturated carbocycles. The fraction of sp³-hybridized carbons (Fsp3) is 0.417. The summed E-state index contributed by atoms with van der Waals surface area (Å²) in [5, 5.41) is 4.36. The second kappa shape index (κ2) is 4.04. The number of nitrogens with zero attached hydrogens (tertiary/aromatic N) is 3. The van der Waals surface area contributed by atoms with Crippen LogP contribution in [0.1, 0.15) is 37.1 Å². The second-order valence-electron chi connectivity index (χ2n) is 4.36. The molecule has 2 aromatic rings. The van der Waals surface area contributed by atoms with Gasteiger partial charge in [-0.05, 0) is 18.1 Å². The van der Waals surface area contributed by atoms with Gasteiger partial charge in [-0.15, -0.1) is 0 Å². The van der Waals surface area contributed by atoms with Gasteiger partial charge in [0, 0.05) is 13.3 Å². The van der Waals surface area contributed by atoms with Gasteiger partial charge in [0.25, 0.3) is 0 Å². The van der Waals surface area contributed by atoms with Crippen molar-refractivity contribution in [1.82, 2.24) is 14.6 Å². The fourth-order valence-corrected chi connectivity index (χ4v) is 1.67. The Bertz CT molecular complexity index is 528. The van der Waals surface area contributed by atoms with Crippen LogP contribution >= 0.6 is 0 Å². The molecule has 0 fully saturated rings. The smallest absolute Gasteiger partial charge is 0.178 e. The van der Waals surface area contributed by atoms with E-state index in [0.717, 1.165) is 17.9 Å². The second-order valence-corrected chi connectivity index (χ2v) is 4.36. The first-order valence-electron chi connectivity index (χ1n) is 5.43. The number of ketones is 1. The zero-order chi connectivity index (χ0) is 11.7. The van der Waals surface area contributed by atoms with Crippen LogP contribution in [-0.4, -0.2) is 20.4 Å². The highest BCUT2D eigenvalue weighted by Crippen LogP contribution is 2.09. The Morgan fingerprint density at radius 3 is 2.81 bits per heavy atom. The number of rotatable bonds is 3. The lowest BCUT2D eigenvalue weighted by molar-refractivity contribution is 0.101. The standard InChI is InChI=1S/C12H15N3O/c1-8(2)7-11-13-12-6-4-5-10(9(3)16)15(12)14-11/h4-6,8H,7H2,1-3H3. The molecule has 2 heterocycles. The molecule has 0 aromatic carbocycles. The van der Waals surface area contributed by atoms with Gasteiger partial charge in [-0.2, -0.15) is 5.10 Å². The van der Waals surface area contributed by atoms with Crippen molar-refractivity contribution in [3.63, 3.8) is 0 Å². The molecule has 0 saturated heterocycles. The SMILES string of the molecule is CC(=O)c1cccc2nc(CC(C)C)nn12. The van der Waals surface area contributed by atoms with Gasteiger partial charge >= 0.3 is 0 Å². The maximum Gasteiger partial charge on any atom is 0.178 e. The molecule has 0 bridgehead atoms. The minimum Gasteiger partial charge on any atom is -0.293 e. The summed E-state index contributed by atoms with van der Waals surface area (Å²) < 4.78 is 1.63. The number of hydrogen-bond acceptors (Lipinski definition) is 3. The number of carbonyl (C=O) groups excluding carboxylic acids is 1. The maximum atomic E-state index is 11.4. The Hall–Kier alpha value is -1.71. The monoisotopic (exact) mass is 217 g/mol. The van der Waals surface area contributed by atoms with Crippen molar-refractivity contribution in [3.05, 3.63) is 29.7 Å². The van der Waals surface area contributed by atoms with Crippen molar-refractivity contribution in [2.45, 2.75) is 27.2 Å². The highest BCUT2D eigenvalue weighted by Gasteiger charge is 2.10. The van der Waals surface area contributed by atoms with Crippen LogP contribution in [0.25, 0.3) is 5.65 Å². The van der Waals surface area contributed by atoms with Crippen LogP contribution in [0, 0.1) is 5.92 Å². The van der Waals surface area contributed by atoms with E-state index in [0.29, 0.717) is 11.6 Å². The first-order valence-corrected chi connectivity index (χ1v) is 5.43. The zero-order valence-corrected chi connectivity index (χ0v) is 9.77. The Labute approximate surface area is 94.3 Å². The van der Waals surface area contributed by atoms with E-state index in [1.54, 1.807) is 17.5 Å². The van der Waals surface area contributed by atoms with E-state index in [1.807, 2.05) is 12.1 Å². The van der Waals surface area contributed by atoms with E-state index in [9.17, 15) is 4.79 Å². The molecule has 0 aliphatic rings. The predicted molar refractivity (Wildman–Crippen MR) is 61.5 cm³/mol. The van der Waals surface area contributed by atoms with E-state index in [1.165, 1.54) is 0 Å². The van der Waals surface area contributed by atoms with E-state index in [4.69, 9.17) is 0 Å². The van der Waals surface area contributed by atoms with Crippen LogP contribution in [0.2, 0.25) is 0 Å². The molecule has 0 N–H and O–H groups in total. The number of carbonyl (C=O) groups is 1. The summed E-state index contributed by atoms with van der Waals surface area (Å²) >= 11 is 0. The van der Waals surface area contributed by atoms with Crippen LogP contribution in [0.15, 0.2) is 18.2 Å². The van der Waals surface area contributed by atoms with Crippen LogP contribution in [0.5, 0.6) is 0 Å². The van der Waals surface area contributed by atoms with Gasteiger partial charge in [-0.25, -0.2) is 9.50 Å². The van der Waals surface area contributed by atoms with Crippen molar-refractivity contribution in [2.75, 3.05) is 0 Å². The van der Waals surface area contributed by atoms with Gasteiger partial charge in [-0.3, -0.25) is 4.79 Å². The molecule has 2 aromatic heterocycles. The number of aromatic nitrogens is 3. The molecule has 0 amide bonds. The summed E-state index contributed by atoms with van der Waals surface area (Å²) in [6, 6.07) is 5.46. The lowest BCUT2D eigenvalue weighted by Gasteiger charge is -1.98. The van der Waals surface area contributed by atoms with Crippen molar-refractivity contribution in [2.24, 2.45) is 5.92 Å². The molecule has 2 rings (SSSR count). The summed E-state index contributed by atoms with van der Waals surface area (Å²) in [7, 11) is 0. The van der Waals surface area contributed by atoms with Crippen molar-refractivity contribution >= 4 is 11.4 Å². The number of fused-ring (bicyclic) bond motifs is 1. The largest absolute Gasteiger partial charge is 0.293 e. The molecule has 16 heavy (non-hydrogen) atoms. The lowest BCUT2D eigenvalue weighted by Crippen LogP contribution is -2.04. The molecule has 0 spiro atoms. The highest BCUT2D eigenvalue weighted by molar-refractivity contribution is 5.92. The van der Waals surface area contributed by atoms with Crippen molar-refractivity contribution < 1.29 is 4.79 Å². The summed E-state index contributed by atoms with van der Waals surface area (Å²) in [5.74, 6) is 1.31. The third-order valence-corrected chi connectivity index (χ3v) is 2.36. The van der Waals surface area contributed by atoms with E-state index < -0.39 is 0 Å². The van der Waals surface area contributed by atoms with E-state index in [-0.39, 0.29) is 5.78 Å². The normalized spacial score (nSPS) is 11.2. The average Bonchev–Trinajstić information content (AvgIpc) is 2.57. The van der Waals surface area contributed by atoms with E-state index >= 15 is 0 Å². The van der Waals surface area contributed by atoms with Gasteiger partial charge < -0.3 is 0 Å². The number of Topliss-reactive ketones (excluding diaryl/α,β-unsaturated/α-hetero) is 1. The van der Waals surface area contributed by atoms with Gasteiger partial charge in [-0.1, -0.05) is 19.9 Å². The Morgan fingerprint density at radius 2 is 2.19 bits per heavy atom. The Balaban J connectivity index is 2.52. The first kappa shape index (κ1) is 10.8. The first-order chi connectivity index (χ1) is 7.58. The molecule has 0 aliphatic heterocycles. The summed E-state index contributed by atoms with van der Waals surface area (Å²) in [5.41, 5.74) is 1.32. The Morgan fingerprint density at radius 1 is 1.44 bits per heavy atom. The minimum atomic E-state index is 0.00611. The van der Waals surface area contributed by atoms with Gasteiger partial charge in [0.2, 0.25) is 0 Å². The molecule has 0 unspecified atom stereocenters. The van der Waals surface area contributed by atoms with Crippen molar-refractivity contribution in [3.8, 4) is 0 Å². The quantitative estimate of drug-likeness (QED) is 0.740. The maximum absolute atomic E-state index is 11.4. The molecule has 0 atom stereocenters. The van der Waals surface area contributed by atoms with Gasteiger partial charge in [0.05, 0.1) is 0 Å². The zero-order valence-electron chi connectivity index (χ0n) is 9.77. The molecular weight excluding hydrogens is 202 g/mol. The lowest BCUT2D eigenvalue weighted by atomic mass is 10.1. The summed E-state index contributed by atoms with van der Waals surface area (Å²) in [4.78, 5) is 15.8. The minimum absolute atomic E-state index is 0.00611. The molecule has 84 valence electrons. The topological polar surface area (TPSA) is 47.3 Å². The number of hydrogen-bond donors (Lipinski definition) is 0. The summed E-state index contributed by atoms with van der Waals surface area (Å²) in [6.45, 7) is 5.79.